The molecule has 6 nitrogen and oxygen atoms in total. The van der Waals surface area contributed by atoms with Gasteiger partial charge in [-0.15, -0.1) is 0 Å². The molecule has 2 aromatic rings. The number of rotatable bonds is 3. The van der Waals surface area contributed by atoms with Gasteiger partial charge in [0.15, 0.2) is 0 Å². The molecule has 1 aliphatic heterocycles. The Labute approximate surface area is 141 Å². The lowest BCUT2D eigenvalue weighted by atomic mass is 10.1. The molecule has 0 bridgehead atoms. The zero-order valence-electron chi connectivity index (χ0n) is 13.8. The van der Waals surface area contributed by atoms with Crippen LogP contribution in [0.3, 0.4) is 0 Å². The second kappa shape index (κ2) is 6.49. The van der Waals surface area contributed by atoms with Gasteiger partial charge in [0.1, 0.15) is 4.90 Å². The quantitative estimate of drug-likeness (QED) is 0.919. The molecule has 1 aromatic carbocycles. The van der Waals surface area contributed by atoms with E-state index in [1.807, 2.05) is 19.1 Å². The van der Waals surface area contributed by atoms with Crippen LogP contribution in [0.1, 0.15) is 25.3 Å². The number of carbonyl (C=O) groups is 1. The van der Waals surface area contributed by atoms with Gasteiger partial charge in [-0.3, -0.25) is 9.78 Å². The number of para-hydroxylation sites is 1. The van der Waals surface area contributed by atoms with E-state index >= 15 is 0 Å². The fraction of sp³-hybridized carbons (Fsp3) is 0.412. The van der Waals surface area contributed by atoms with E-state index in [1.165, 1.54) is 6.92 Å². The van der Waals surface area contributed by atoms with Crippen molar-refractivity contribution in [2.45, 2.75) is 37.6 Å². The first-order valence-corrected chi connectivity index (χ1v) is 9.48. The van der Waals surface area contributed by atoms with Gasteiger partial charge in [0, 0.05) is 37.6 Å². The number of benzene rings is 1. The summed E-state index contributed by atoms with van der Waals surface area (Å²) >= 11 is 0. The number of fused-ring (bicyclic) bond motifs is 1. The molecule has 1 aromatic heterocycles. The fourth-order valence-electron chi connectivity index (χ4n) is 3.05. The first-order valence-electron chi connectivity index (χ1n) is 8.00. The second-order valence-electron chi connectivity index (χ2n) is 6.24. The lowest BCUT2D eigenvalue weighted by Gasteiger charge is -2.31. The number of aryl methyl sites for hydroxylation is 1. The molecule has 0 unspecified atom stereocenters. The van der Waals surface area contributed by atoms with Crippen LogP contribution in [0, 0.1) is 6.92 Å². The molecule has 1 fully saturated rings. The molecule has 1 N–H and O–H groups in total. The highest BCUT2D eigenvalue weighted by Crippen LogP contribution is 2.23. The van der Waals surface area contributed by atoms with Crippen molar-refractivity contribution >= 4 is 26.8 Å². The number of pyridine rings is 1. The maximum Gasteiger partial charge on any atom is 0.242 e. The number of hydrogen-bond acceptors (Lipinski definition) is 4. The zero-order valence-corrected chi connectivity index (χ0v) is 14.6. The molecule has 1 saturated heterocycles. The molecular weight excluding hydrogens is 326 g/mol. The van der Waals surface area contributed by atoms with Crippen molar-refractivity contribution in [3.63, 3.8) is 0 Å². The summed E-state index contributed by atoms with van der Waals surface area (Å²) in [4.78, 5) is 17.6. The Balaban J connectivity index is 1.83. The zero-order chi connectivity index (χ0) is 17.3. The van der Waals surface area contributed by atoms with E-state index in [-0.39, 0.29) is 16.8 Å². The second-order valence-corrected chi connectivity index (χ2v) is 7.92. The summed E-state index contributed by atoms with van der Waals surface area (Å²) in [5.74, 6) is 0.0323. The maximum atomic E-state index is 12.8. The highest BCUT2D eigenvalue weighted by molar-refractivity contribution is 7.89. The third-order valence-electron chi connectivity index (χ3n) is 4.36. The summed E-state index contributed by atoms with van der Waals surface area (Å²) in [6.07, 6.45) is 2.92. The number of amides is 1. The van der Waals surface area contributed by atoms with Gasteiger partial charge in [0.25, 0.3) is 0 Å². The Kier molecular flexibility index (Phi) is 4.56. The van der Waals surface area contributed by atoms with Crippen molar-refractivity contribution in [3.8, 4) is 0 Å². The molecule has 24 heavy (non-hydrogen) atoms. The summed E-state index contributed by atoms with van der Waals surface area (Å²) in [5, 5.41) is 0.810. The van der Waals surface area contributed by atoms with Gasteiger partial charge >= 0.3 is 0 Å². The molecule has 0 aliphatic carbocycles. The average Bonchev–Trinajstić information content (AvgIpc) is 2.54. The number of carbonyl (C=O) groups excluding carboxylic acids is 1. The number of nitrogens with one attached hydrogen (secondary N) is 1. The summed E-state index contributed by atoms with van der Waals surface area (Å²) in [5.41, 5.74) is 1.47. The van der Waals surface area contributed by atoms with E-state index < -0.39 is 10.0 Å². The van der Waals surface area contributed by atoms with E-state index in [4.69, 9.17) is 0 Å². The molecular formula is C17H21N3O3S. The minimum atomic E-state index is -3.65. The lowest BCUT2D eigenvalue weighted by molar-refractivity contribution is -0.129. The monoisotopic (exact) mass is 347 g/mol. The van der Waals surface area contributed by atoms with Crippen LogP contribution < -0.4 is 4.72 Å². The topological polar surface area (TPSA) is 79.4 Å². The van der Waals surface area contributed by atoms with Crippen molar-refractivity contribution in [3.05, 3.63) is 36.0 Å². The minimum absolute atomic E-state index is 0.0323. The summed E-state index contributed by atoms with van der Waals surface area (Å²) < 4.78 is 28.3. The van der Waals surface area contributed by atoms with Gasteiger partial charge in [-0.25, -0.2) is 13.1 Å². The number of hydrogen-bond donors (Lipinski definition) is 1. The molecule has 0 radical (unpaired) electrons. The predicted octanol–water partition coefficient (Wildman–Crippen LogP) is 1.83. The van der Waals surface area contributed by atoms with Gasteiger partial charge in [-0.05, 0) is 37.5 Å². The number of aromatic nitrogens is 1. The molecule has 0 saturated carbocycles. The van der Waals surface area contributed by atoms with Gasteiger partial charge in [0.05, 0.1) is 5.52 Å². The van der Waals surface area contributed by atoms with Crippen LogP contribution in [0.4, 0.5) is 0 Å². The van der Waals surface area contributed by atoms with Crippen LogP contribution >= 0.6 is 0 Å². The third-order valence-corrected chi connectivity index (χ3v) is 5.91. The Morgan fingerprint density at radius 2 is 2.00 bits per heavy atom. The van der Waals surface area contributed by atoms with E-state index in [0.29, 0.717) is 31.4 Å². The molecule has 0 spiro atoms. The Bertz CT molecular complexity index is 872. The normalized spacial score (nSPS) is 16.5. The molecule has 2 heterocycles. The smallest absolute Gasteiger partial charge is 0.242 e. The van der Waals surface area contributed by atoms with Crippen LogP contribution in [0.15, 0.2) is 35.4 Å². The van der Waals surface area contributed by atoms with Crippen molar-refractivity contribution in [1.29, 1.82) is 0 Å². The fourth-order valence-corrected chi connectivity index (χ4v) is 4.54. The Hall–Kier alpha value is -1.99. The van der Waals surface area contributed by atoms with E-state index in [0.717, 1.165) is 10.9 Å². The third kappa shape index (κ3) is 3.42. The molecule has 128 valence electrons. The van der Waals surface area contributed by atoms with Crippen molar-refractivity contribution in [1.82, 2.24) is 14.6 Å². The van der Waals surface area contributed by atoms with E-state index in [1.54, 1.807) is 23.2 Å². The Morgan fingerprint density at radius 1 is 1.29 bits per heavy atom. The van der Waals surface area contributed by atoms with E-state index in [9.17, 15) is 13.2 Å². The standard InChI is InChI=1S/C17H21N3O3S/c1-12-10-14-4-3-5-16(17(14)18-11-12)24(22,23)19-15-6-8-20(9-7-15)13(2)21/h3-5,10-11,15,19H,6-9H2,1-2H3. The number of piperidine rings is 1. The van der Waals surface area contributed by atoms with Gasteiger partial charge in [-0.1, -0.05) is 12.1 Å². The molecule has 0 atom stereocenters. The van der Waals surface area contributed by atoms with Crippen LogP contribution in [0.25, 0.3) is 10.9 Å². The maximum absolute atomic E-state index is 12.8. The average molecular weight is 347 g/mol. The number of nitrogens with zero attached hydrogens (tertiary/aromatic N) is 2. The largest absolute Gasteiger partial charge is 0.343 e. The van der Waals surface area contributed by atoms with Crippen LogP contribution in [0.5, 0.6) is 0 Å². The number of sulfonamides is 1. The summed E-state index contributed by atoms with van der Waals surface area (Å²) in [7, 11) is -3.65. The van der Waals surface area contributed by atoms with Crippen LogP contribution in [-0.4, -0.2) is 43.3 Å². The van der Waals surface area contributed by atoms with Crippen LogP contribution in [0.2, 0.25) is 0 Å². The number of likely N-dealkylation sites (tertiary alicyclic amines) is 1. The van der Waals surface area contributed by atoms with Gasteiger partial charge in [0.2, 0.25) is 15.9 Å². The lowest BCUT2D eigenvalue weighted by Crippen LogP contribution is -2.45. The molecule has 1 amide bonds. The van der Waals surface area contributed by atoms with E-state index in [2.05, 4.69) is 9.71 Å². The molecule has 7 heteroatoms. The first-order chi connectivity index (χ1) is 11.4. The summed E-state index contributed by atoms with van der Waals surface area (Å²) in [6.45, 7) is 4.62. The SMILES string of the molecule is CC(=O)N1CCC(NS(=O)(=O)c2cccc3cc(C)cnc23)CC1. The molecule has 1 aliphatic rings. The highest BCUT2D eigenvalue weighted by Gasteiger charge is 2.26. The van der Waals surface area contributed by atoms with Crippen molar-refractivity contribution in [2.24, 2.45) is 0 Å². The van der Waals surface area contributed by atoms with Crippen LogP contribution in [-0.2, 0) is 14.8 Å². The van der Waals surface area contributed by atoms with Gasteiger partial charge in [-0.2, -0.15) is 0 Å². The first kappa shape index (κ1) is 16.9. The minimum Gasteiger partial charge on any atom is -0.343 e. The summed E-state index contributed by atoms with van der Waals surface area (Å²) in [6, 6.07) is 6.94. The van der Waals surface area contributed by atoms with Crippen molar-refractivity contribution in [2.75, 3.05) is 13.1 Å². The van der Waals surface area contributed by atoms with Gasteiger partial charge < -0.3 is 4.90 Å². The Morgan fingerprint density at radius 3 is 2.67 bits per heavy atom. The molecule has 3 rings (SSSR count). The highest BCUT2D eigenvalue weighted by atomic mass is 32.2. The predicted molar refractivity (Wildman–Crippen MR) is 92.1 cm³/mol. The van der Waals surface area contributed by atoms with Crippen molar-refractivity contribution < 1.29 is 13.2 Å².